The highest BCUT2D eigenvalue weighted by molar-refractivity contribution is 7.93. The van der Waals surface area contributed by atoms with Gasteiger partial charge in [0.25, 0.3) is 5.91 Å². The molecule has 4 N–H and O–H groups in total. The molecule has 0 saturated heterocycles. The van der Waals surface area contributed by atoms with E-state index in [9.17, 15) is 13.2 Å². The summed E-state index contributed by atoms with van der Waals surface area (Å²) in [6.45, 7) is 3.03. The summed E-state index contributed by atoms with van der Waals surface area (Å²) in [5.74, 6) is 1.72. The Morgan fingerprint density at radius 1 is 1.36 bits per heavy atom. The van der Waals surface area contributed by atoms with E-state index in [1.165, 1.54) is 20.0 Å². The molecule has 174 valence electrons. The van der Waals surface area contributed by atoms with Gasteiger partial charge in [0, 0.05) is 5.69 Å². The molecule has 1 aromatic heterocycles. The largest absolute Gasteiger partial charge is 0.479 e. The summed E-state index contributed by atoms with van der Waals surface area (Å²) >= 11 is 0. The first-order valence-electron chi connectivity index (χ1n) is 10.6. The molecule has 1 amide bonds. The fourth-order valence-electron chi connectivity index (χ4n) is 3.71. The van der Waals surface area contributed by atoms with E-state index >= 15 is 0 Å². The van der Waals surface area contributed by atoms with Crippen LogP contribution in [0.1, 0.15) is 54.2 Å². The van der Waals surface area contributed by atoms with Crippen LogP contribution < -0.4 is 15.8 Å². The minimum atomic E-state index is -3.66. The van der Waals surface area contributed by atoms with Crippen molar-refractivity contribution in [2.45, 2.75) is 43.8 Å². The summed E-state index contributed by atoms with van der Waals surface area (Å²) in [6.07, 6.45) is 9.01. The standard InChI is InChI=1S/C24H28N4O4S/c1-4-12-32-19-10-11-21(27-14-19)22(29)28-18-9-8-16-6-5-7-17(20(16)13-18)15-33(30,31)24(2,3)23(25)26/h1,8-11,13-14,17H,5-7,12,15H2,2-3H3,(H3,25,26)(H,28,29). The van der Waals surface area contributed by atoms with Gasteiger partial charge in [-0.3, -0.25) is 10.2 Å². The second-order valence-corrected chi connectivity index (χ2v) is 11.1. The van der Waals surface area contributed by atoms with Crippen molar-refractivity contribution in [3.63, 3.8) is 0 Å². The number of ether oxygens (including phenoxy) is 1. The molecule has 9 heteroatoms. The van der Waals surface area contributed by atoms with Crippen molar-refractivity contribution in [1.82, 2.24) is 4.98 Å². The number of fused-ring (bicyclic) bond motifs is 1. The third kappa shape index (κ3) is 5.34. The highest BCUT2D eigenvalue weighted by Gasteiger charge is 2.40. The first-order valence-corrected chi connectivity index (χ1v) is 12.2. The van der Waals surface area contributed by atoms with Crippen molar-refractivity contribution in [2.24, 2.45) is 5.73 Å². The topological polar surface area (TPSA) is 135 Å². The van der Waals surface area contributed by atoms with E-state index < -0.39 is 20.5 Å². The third-order valence-corrected chi connectivity index (χ3v) is 8.60. The monoisotopic (exact) mass is 468 g/mol. The lowest BCUT2D eigenvalue weighted by Crippen LogP contribution is -2.46. The SMILES string of the molecule is C#CCOc1ccc(C(=O)Nc2ccc3c(c2)C(CS(=O)(=O)C(C)(C)C(=N)N)CCC3)nc1. The number of nitrogens with one attached hydrogen (secondary N) is 2. The Morgan fingerprint density at radius 2 is 2.12 bits per heavy atom. The number of benzene rings is 1. The van der Waals surface area contributed by atoms with Gasteiger partial charge in [-0.25, -0.2) is 13.4 Å². The van der Waals surface area contributed by atoms with Crippen LogP contribution in [0.4, 0.5) is 5.69 Å². The Balaban J connectivity index is 1.79. The molecule has 2 aromatic rings. The quantitative estimate of drug-likeness (QED) is 0.310. The molecule has 0 bridgehead atoms. The minimum Gasteiger partial charge on any atom is -0.479 e. The van der Waals surface area contributed by atoms with E-state index in [4.69, 9.17) is 22.3 Å². The summed E-state index contributed by atoms with van der Waals surface area (Å²) < 4.78 is 29.8. The maximum Gasteiger partial charge on any atom is 0.274 e. The number of nitrogens with two attached hydrogens (primary N) is 1. The van der Waals surface area contributed by atoms with Gasteiger partial charge in [0.1, 0.15) is 28.6 Å². The Labute approximate surface area is 194 Å². The lowest BCUT2D eigenvalue weighted by Gasteiger charge is -2.30. The number of pyridine rings is 1. The molecule has 0 radical (unpaired) electrons. The molecule has 0 spiro atoms. The molecule has 1 unspecified atom stereocenters. The van der Waals surface area contributed by atoms with Crippen LogP contribution in [-0.2, 0) is 16.3 Å². The zero-order chi connectivity index (χ0) is 24.2. The Kier molecular flexibility index (Phi) is 7.08. The number of amides is 1. The molecule has 1 aliphatic carbocycles. The van der Waals surface area contributed by atoms with Crippen LogP contribution in [0, 0.1) is 17.8 Å². The van der Waals surface area contributed by atoms with Gasteiger partial charge >= 0.3 is 0 Å². The van der Waals surface area contributed by atoms with Crippen molar-refractivity contribution < 1.29 is 17.9 Å². The molecule has 1 heterocycles. The lowest BCUT2D eigenvalue weighted by atomic mass is 9.83. The van der Waals surface area contributed by atoms with Crippen LogP contribution in [0.25, 0.3) is 0 Å². The molecule has 0 fully saturated rings. The van der Waals surface area contributed by atoms with Crippen molar-refractivity contribution in [1.29, 1.82) is 5.41 Å². The highest BCUT2D eigenvalue weighted by atomic mass is 32.2. The first-order chi connectivity index (χ1) is 15.5. The maximum absolute atomic E-state index is 13.0. The van der Waals surface area contributed by atoms with Gasteiger partial charge in [0.15, 0.2) is 9.84 Å². The predicted octanol–water partition coefficient (Wildman–Crippen LogP) is 2.90. The Morgan fingerprint density at radius 3 is 2.76 bits per heavy atom. The number of nitrogens with zero attached hydrogens (tertiary/aromatic N) is 1. The average Bonchev–Trinajstić information content (AvgIpc) is 2.78. The van der Waals surface area contributed by atoms with Gasteiger partial charge < -0.3 is 15.8 Å². The average molecular weight is 469 g/mol. The fraction of sp³-hybridized carbons (Fsp3) is 0.375. The number of carbonyl (C=O) groups excluding carboxylic acids is 1. The van der Waals surface area contributed by atoms with Crippen LogP contribution in [0.15, 0.2) is 36.5 Å². The number of carbonyl (C=O) groups is 1. The molecule has 1 aliphatic rings. The van der Waals surface area contributed by atoms with Crippen LogP contribution in [0.3, 0.4) is 0 Å². The molecular formula is C24H28N4O4S. The van der Waals surface area contributed by atoms with E-state index in [2.05, 4.69) is 16.2 Å². The van der Waals surface area contributed by atoms with Crippen molar-refractivity contribution in [3.8, 4) is 18.1 Å². The normalized spacial score (nSPS) is 15.7. The summed E-state index contributed by atoms with van der Waals surface area (Å²) in [5.41, 5.74) is 8.29. The summed E-state index contributed by atoms with van der Waals surface area (Å²) in [5, 5.41) is 10.5. The molecule has 0 saturated carbocycles. The number of rotatable bonds is 8. The van der Waals surface area contributed by atoms with E-state index in [-0.39, 0.29) is 29.8 Å². The zero-order valence-corrected chi connectivity index (χ0v) is 19.5. The molecule has 8 nitrogen and oxygen atoms in total. The minimum absolute atomic E-state index is 0.106. The number of amidine groups is 1. The predicted molar refractivity (Wildman–Crippen MR) is 128 cm³/mol. The van der Waals surface area contributed by atoms with Crippen LogP contribution >= 0.6 is 0 Å². The van der Waals surface area contributed by atoms with Crippen molar-refractivity contribution in [3.05, 3.63) is 53.3 Å². The summed E-state index contributed by atoms with van der Waals surface area (Å²) in [7, 11) is -3.66. The lowest BCUT2D eigenvalue weighted by molar-refractivity contribution is 0.102. The fourth-order valence-corrected chi connectivity index (χ4v) is 5.34. The highest BCUT2D eigenvalue weighted by Crippen LogP contribution is 2.36. The van der Waals surface area contributed by atoms with Gasteiger partial charge in [-0.05, 0) is 74.4 Å². The number of aromatic nitrogens is 1. The second kappa shape index (κ2) is 9.63. The zero-order valence-electron chi connectivity index (χ0n) is 18.7. The third-order valence-electron chi connectivity index (χ3n) is 5.98. The molecular weight excluding hydrogens is 440 g/mol. The van der Waals surface area contributed by atoms with E-state index in [0.717, 1.165) is 24.0 Å². The smallest absolute Gasteiger partial charge is 0.274 e. The summed E-state index contributed by atoms with van der Waals surface area (Å²) in [6, 6.07) is 8.71. The number of aryl methyl sites for hydroxylation is 1. The number of hydrogen-bond acceptors (Lipinski definition) is 6. The summed E-state index contributed by atoms with van der Waals surface area (Å²) in [4.78, 5) is 16.7. The molecule has 1 aromatic carbocycles. The van der Waals surface area contributed by atoms with Crippen LogP contribution in [0.2, 0.25) is 0 Å². The Hall–Kier alpha value is -3.38. The molecule has 1 atom stereocenters. The second-order valence-electron chi connectivity index (χ2n) is 8.53. The molecule has 33 heavy (non-hydrogen) atoms. The number of hydrogen-bond donors (Lipinski definition) is 3. The van der Waals surface area contributed by atoms with Gasteiger partial charge in [-0.1, -0.05) is 12.0 Å². The van der Waals surface area contributed by atoms with Gasteiger partial charge in [-0.15, -0.1) is 6.42 Å². The first kappa shape index (κ1) is 24.3. The molecule has 3 rings (SSSR count). The van der Waals surface area contributed by atoms with Crippen molar-refractivity contribution >= 4 is 27.3 Å². The van der Waals surface area contributed by atoms with Gasteiger partial charge in [0.05, 0.1) is 11.9 Å². The number of anilines is 1. The van der Waals surface area contributed by atoms with Gasteiger partial charge in [0.2, 0.25) is 0 Å². The van der Waals surface area contributed by atoms with Gasteiger partial charge in [-0.2, -0.15) is 0 Å². The van der Waals surface area contributed by atoms with E-state index in [1.54, 1.807) is 18.2 Å². The van der Waals surface area contributed by atoms with E-state index in [0.29, 0.717) is 17.9 Å². The van der Waals surface area contributed by atoms with Crippen molar-refractivity contribution in [2.75, 3.05) is 17.7 Å². The maximum atomic E-state index is 13.0. The Bertz CT molecular complexity index is 1200. The van der Waals surface area contributed by atoms with Crippen LogP contribution in [0.5, 0.6) is 5.75 Å². The van der Waals surface area contributed by atoms with Crippen LogP contribution in [-0.4, -0.2) is 42.3 Å². The number of sulfone groups is 1. The molecule has 0 aliphatic heterocycles. The van der Waals surface area contributed by atoms with E-state index in [1.807, 2.05) is 12.1 Å². The number of terminal acetylenes is 1.